The minimum Gasteiger partial charge on any atom is -0.480 e. The van der Waals surface area contributed by atoms with Crippen LogP contribution in [0.1, 0.15) is 18.6 Å². The lowest BCUT2D eigenvalue weighted by molar-refractivity contribution is -0.139. The van der Waals surface area contributed by atoms with Gasteiger partial charge in [0.1, 0.15) is 6.10 Å². The van der Waals surface area contributed by atoms with Crippen molar-refractivity contribution in [3.05, 3.63) is 35.9 Å². The molecule has 1 aromatic carbocycles. The van der Waals surface area contributed by atoms with Crippen LogP contribution in [0.5, 0.6) is 0 Å². The van der Waals surface area contributed by atoms with E-state index in [1.165, 1.54) is 0 Å². The average Bonchev–Trinajstić information content (AvgIpc) is 2.26. The first-order valence-corrected chi connectivity index (χ1v) is 5.14. The summed E-state index contributed by atoms with van der Waals surface area (Å²) in [5, 5.41) is 7.77. The third kappa shape index (κ3) is 3.22. The van der Waals surface area contributed by atoms with E-state index in [4.69, 9.17) is 21.4 Å². The molecule has 2 atom stereocenters. The summed E-state index contributed by atoms with van der Waals surface area (Å²) in [5.41, 5.74) is 0.779. The highest BCUT2D eigenvalue weighted by molar-refractivity contribution is 6.30. The maximum atomic E-state index is 10.8. The fourth-order valence-corrected chi connectivity index (χ4v) is 1.52. The molecule has 0 aliphatic carbocycles. The Morgan fingerprint density at radius 2 is 2.07 bits per heavy atom. The monoisotopic (exact) mass is 228 g/mol. The van der Waals surface area contributed by atoms with E-state index in [2.05, 4.69) is 0 Å². The van der Waals surface area contributed by atoms with Gasteiger partial charge in [-0.15, -0.1) is 11.6 Å². The lowest BCUT2D eigenvalue weighted by Gasteiger charge is -2.19. The summed E-state index contributed by atoms with van der Waals surface area (Å²) < 4.78 is 5.34. The minimum absolute atomic E-state index is 0.427. The van der Waals surface area contributed by atoms with E-state index < -0.39 is 17.5 Å². The third-order valence-electron chi connectivity index (χ3n) is 1.98. The highest BCUT2D eigenvalue weighted by atomic mass is 35.5. The van der Waals surface area contributed by atoms with E-state index in [0.717, 1.165) is 5.56 Å². The molecule has 0 bridgehead atoms. The molecule has 0 aliphatic heterocycles. The molecule has 0 radical (unpaired) electrons. The van der Waals surface area contributed by atoms with Crippen molar-refractivity contribution in [1.29, 1.82) is 0 Å². The number of benzene rings is 1. The number of halogens is 1. The van der Waals surface area contributed by atoms with Gasteiger partial charge in [0, 0.05) is 6.61 Å². The molecule has 1 N–H and O–H groups in total. The number of carboxylic acid groups (broad SMARTS) is 1. The molecule has 0 saturated carbocycles. The highest BCUT2D eigenvalue weighted by Gasteiger charge is 2.27. The van der Waals surface area contributed by atoms with Crippen LogP contribution in [0.25, 0.3) is 0 Å². The Kier molecular flexibility index (Phi) is 4.59. The second kappa shape index (κ2) is 5.73. The molecule has 0 aromatic heterocycles. The quantitative estimate of drug-likeness (QED) is 0.788. The second-order valence-corrected chi connectivity index (χ2v) is 3.50. The molecule has 3 nitrogen and oxygen atoms in total. The van der Waals surface area contributed by atoms with Gasteiger partial charge < -0.3 is 9.84 Å². The third-order valence-corrected chi connectivity index (χ3v) is 2.39. The van der Waals surface area contributed by atoms with E-state index >= 15 is 0 Å². The zero-order valence-electron chi connectivity index (χ0n) is 8.39. The zero-order valence-corrected chi connectivity index (χ0v) is 9.15. The van der Waals surface area contributed by atoms with Gasteiger partial charge in [-0.05, 0) is 12.5 Å². The molecule has 15 heavy (non-hydrogen) atoms. The van der Waals surface area contributed by atoms with Crippen LogP contribution in [0.15, 0.2) is 30.3 Å². The topological polar surface area (TPSA) is 46.5 Å². The van der Waals surface area contributed by atoms with Crippen molar-refractivity contribution >= 4 is 17.6 Å². The number of hydrogen-bond acceptors (Lipinski definition) is 2. The van der Waals surface area contributed by atoms with Crippen LogP contribution < -0.4 is 0 Å². The van der Waals surface area contributed by atoms with Gasteiger partial charge in [0.2, 0.25) is 0 Å². The van der Waals surface area contributed by atoms with Crippen molar-refractivity contribution < 1.29 is 14.6 Å². The van der Waals surface area contributed by atoms with Gasteiger partial charge in [-0.3, -0.25) is 4.79 Å². The Balaban J connectivity index is 2.87. The summed E-state index contributed by atoms with van der Waals surface area (Å²) in [7, 11) is 0. The second-order valence-electron chi connectivity index (χ2n) is 3.03. The number of rotatable bonds is 5. The minimum atomic E-state index is -1.07. The molecule has 2 unspecified atom stereocenters. The standard InChI is InChI=1S/C11H13ClO3/c1-2-15-10(9(12)11(13)14)8-6-4-3-5-7-8/h3-7,9-10H,2H2,1H3,(H,13,14). The first kappa shape index (κ1) is 12.0. The fraction of sp³-hybridized carbons (Fsp3) is 0.364. The number of alkyl halides is 1. The maximum Gasteiger partial charge on any atom is 0.324 e. The van der Waals surface area contributed by atoms with E-state index in [1.807, 2.05) is 18.2 Å². The van der Waals surface area contributed by atoms with Crippen molar-refractivity contribution in [2.45, 2.75) is 18.4 Å². The van der Waals surface area contributed by atoms with Crippen LogP contribution in [0.2, 0.25) is 0 Å². The summed E-state index contributed by atoms with van der Waals surface area (Å²) in [4.78, 5) is 10.8. The Hall–Kier alpha value is -1.06. The van der Waals surface area contributed by atoms with Crippen LogP contribution in [0, 0.1) is 0 Å². The Morgan fingerprint density at radius 3 is 2.53 bits per heavy atom. The van der Waals surface area contributed by atoms with Gasteiger partial charge in [-0.2, -0.15) is 0 Å². The van der Waals surface area contributed by atoms with Gasteiger partial charge in [-0.1, -0.05) is 30.3 Å². The Bertz CT molecular complexity index is 313. The summed E-state index contributed by atoms with van der Waals surface area (Å²) in [5.74, 6) is -1.07. The van der Waals surface area contributed by atoms with Crippen molar-refractivity contribution in [2.24, 2.45) is 0 Å². The van der Waals surface area contributed by atoms with Crippen molar-refractivity contribution in [2.75, 3.05) is 6.61 Å². The number of carbonyl (C=O) groups is 1. The van der Waals surface area contributed by atoms with Crippen LogP contribution in [-0.2, 0) is 9.53 Å². The molecule has 0 aliphatic rings. The molecule has 4 heteroatoms. The number of hydrogen-bond donors (Lipinski definition) is 1. The van der Waals surface area contributed by atoms with Gasteiger partial charge >= 0.3 is 5.97 Å². The van der Waals surface area contributed by atoms with Crippen LogP contribution in [0.4, 0.5) is 0 Å². The van der Waals surface area contributed by atoms with E-state index in [1.54, 1.807) is 19.1 Å². The predicted molar refractivity (Wildman–Crippen MR) is 58.1 cm³/mol. The maximum absolute atomic E-state index is 10.8. The molecule has 82 valence electrons. The van der Waals surface area contributed by atoms with E-state index in [9.17, 15) is 4.79 Å². The smallest absolute Gasteiger partial charge is 0.324 e. The molecule has 1 aromatic rings. The van der Waals surface area contributed by atoms with Crippen molar-refractivity contribution in [3.63, 3.8) is 0 Å². The van der Waals surface area contributed by atoms with Gasteiger partial charge in [0.15, 0.2) is 5.38 Å². The fourth-order valence-electron chi connectivity index (χ4n) is 1.30. The van der Waals surface area contributed by atoms with Gasteiger partial charge in [0.05, 0.1) is 0 Å². The van der Waals surface area contributed by atoms with E-state index in [0.29, 0.717) is 6.61 Å². The summed E-state index contributed by atoms with van der Waals surface area (Å²) in [6, 6.07) is 9.12. The molecule has 1 rings (SSSR count). The lowest BCUT2D eigenvalue weighted by atomic mass is 10.1. The molecular weight excluding hydrogens is 216 g/mol. The molecule has 0 spiro atoms. The zero-order chi connectivity index (χ0) is 11.3. The predicted octanol–water partition coefficient (Wildman–Crippen LogP) is 2.46. The van der Waals surface area contributed by atoms with Gasteiger partial charge in [0.25, 0.3) is 0 Å². The molecule has 0 heterocycles. The summed E-state index contributed by atoms with van der Waals surface area (Å²) >= 11 is 5.77. The summed E-state index contributed by atoms with van der Waals surface area (Å²) in [6.45, 7) is 2.23. The SMILES string of the molecule is CCOC(c1ccccc1)C(Cl)C(=O)O. The highest BCUT2D eigenvalue weighted by Crippen LogP contribution is 2.25. The first-order chi connectivity index (χ1) is 7.16. The molecule has 0 saturated heterocycles. The molecular formula is C11H13ClO3. The Morgan fingerprint density at radius 1 is 1.47 bits per heavy atom. The average molecular weight is 229 g/mol. The van der Waals surface area contributed by atoms with E-state index in [-0.39, 0.29) is 0 Å². The van der Waals surface area contributed by atoms with Gasteiger partial charge in [-0.25, -0.2) is 0 Å². The number of ether oxygens (including phenoxy) is 1. The molecule has 0 fully saturated rings. The lowest BCUT2D eigenvalue weighted by Crippen LogP contribution is -2.24. The van der Waals surface area contributed by atoms with Crippen LogP contribution in [0.3, 0.4) is 0 Å². The normalized spacial score (nSPS) is 14.5. The summed E-state index contributed by atoms with van der Waals surface area (Å²) in [6.07, 6.45) is -0.602. The number of aliphatic carboxylic acids is 1. The molecule has 0 amide bonds. The number of carboxylic acids is 1. The van der Waals surface area contributed by atoms with Crippen molar-refractivity contribution in [1.82, 2.24) is 0 Å². The Labute approximate surface area is 93.6 Å². The first-order valence-electron chi connectivity index (χ1n) is 4.70. The van der Waals surface area contributed by atoms with Crippen LogP contribution >= 0.6 is 11.6 Å². The van der Waals surface area contributed by atoms with Crippen LogP contribution in [-0.4, -0.2) is 23.1 Å². The van der Waals surface area contributed by atoms with Crippen molar-refractivity contribution in [3.8, 4) is 0 Å². The largest absolute Gasteiger partial charge is 0.480 e.